The minimum absolute atomic E-state index is 0. The molecule has 0 aromatic heterocycles. The minimum atomic E-state index is 0. The van der Waals surface area contributed by atoms with Gasteiger partial charge in [0.05, 0.1) is 12.7 Å². The molecule has 25 heavy (non-hydrogen) atoms. The Kier molecular flexibility index (Phi) is 5.71. The lowest BCUT2D eigenvalue weighted by atomic mass is 9.82. The fourth-order valence-corrected chi connectivity index (χ4v) is 3.81. The Morgan fingerprint density at radius 1 is 1.16 bits per heavy atom. The summed E-state index contributed by atoms with van der Waals surface area (Å²) >= 11 is 0. The maximum absolute atomic E-state index is 12.7. The van der Waals surface area contributed by atoms with Gasteiger partial charge in [-0.1, -0.05) is 0 Å². The van der Waals surface area contributed by atoms with Crippen molar-refractivity contribution < 1.29 is 19.0 Å². The molecule has 1 saturated heterocycles. The molecule has 2 heterocycles. The predicted octanol–water partition coefficient (Wildman–Crippen LogP) is 2.28. The Balaban J connectivity index is 0.00000182. The Labute approximate surface area is 154 Å². The van der Waals surface area contributed by atoms with Gasteiger partial charge in [0.2, 0.25) is 5.91 Å². The van der Waals surface area contributed by atoms with Gasteiger partial charge in [-0.05, 0) is 37.8 Å². The molecule has 1 aromatic rings. The van der Waals surface area contributed by atoms with E-state index < -0.39 is 0 Å². The van der Waals surface area contributed by atoms with Crippen LogP contribution in [0.15, 0.2) is 12.1 Å². The molecule has 2 fully saturated rings. The summed E-state index contributed by atoms with van der Waals surface area (Å²) in [5, 5.41) is 6.56. The molecule has 2 aliphatic heterocycles. The summed E-state index contributed by atoms with van der Waals surface area (Å²) in [6, 6.07) is 4.09. The first-order valence-corrected chi connectivity index (χ1v) is 8.77. The molecule has 2 N–H and O–H groups in total. The summed E-state index contributed by atoms with van der Waals surface area (Å²) in [7, 11) is 0. The summed E-state index contributed by atoms with van der Waals surface area (Å²) in [5.74, 6) is 1.56. The van der Waals surface area contributed by atoms with E-state index in [4.69, 9.17) is 14.2 Å². The molecule has 1 aliphatic carbocycles. The van der Waals surface area contributed by atoms with Gasteiger partial charge >= 0.3 is 0 Å². The largest absolute Gasteiger partial charge is 0.486 e. The molecule has 4 rings (SSSR count). The number of hydrogen-bond donors (Lipinski definition) is 2. The van der Waals surface area contributed by atoms with Crippen LogP contribution in [0.2, 0.25) is 0 Å². The Hall–Kier alpha value is -1.50. The minimum Gasteiger partial charge on any atom is -0.486 e. The van der Waals surface area contributed by atoms with Crippen molar-refractivity contribution in [1.29, 1.82) is 0 Å². The SMILES string of the molecule is Cc1cc2c(cc1NC(=O)[C@H]1CC[C@H]3OCCN[C@@H]3C1)OCCO2.Cl. The maximum Gasteiger partial charge on any atom is 0.227 e. The fourth-order valence-electron chi connectivity index (χ4n) is 3.81. The zero-order chi connectivity index (χ0) is 16.5. The average Bonchev–Trinajstić information content (AvgIpc) is 2.62. The predicted molar refractivity (Wildman–Crippen MR) is 96.9 cm³/mol. The number of carbonyl (C=O) groups excluding carboxylic acids is 1. The van der Waals surface area contributed by atoms with Gasteiger partial charge in [-0.25, -0.2) is 0 Å². The summed E-state index contributed by atoms with van der Waals surface area (Å²) in [4.78, 5) is 12.7. The molecule has 0 radical (unpaired) electrons. The van der Waals surface area contributed by atoms with E-state index in [9.17, 15) is 4.79 Å². The van der Waals surface area contributed by atoms with E-state index in [1.165, 1.54) is 0 Å². The monoisotopic (exact) mass is 368 g/mol. The number of nitrogens with one attached hydrogen (secondary N) is 2. The second kappa shape index (κ2) is 7.81. The molecule has 0 spiro atoms. The highest BCUT2D eigenvalue weighted by Gasteiger charge is 2.36. The van der Waals surface area contributed by atoms with Gasteiger partial charge in [-0.2, -0.15) is 0 Å². The standard InChI is InChI=1S/C18H24N2O4.ClH/c1-11-8-16-17(24-7-6-23-16)10-13(11)20-18(21)12-2-3-15-14(9-12)19-4-5-22-15;/h8,10,12,14-15,19H,2-7,9H2,1H3,(H,20,21);1H/t12-,14+,15+;/m0./s1. The second-order valence-corrected chi connectivity index (χ2v) is 6.78. The highest BCUT2D eigenvalue weighted by molar-refractivity contribution is 5.93. The Morgan fingerprint density at radius 3 is 2.72 bits per heavy atom. The van der Waals surface area contributed by atoms with Crippen LogP contribution < -0.4 is 20.1 Å². The molecule has 7 heteroatoms. The van der Waals surface area contributed by atoms with Crippen molar-refractivity contribution in [2.45, 2.75) is 38.3 Å². The molecule has 3 atom stereocenters. The first-order chi connectivity index (χ1) is 11.7. The third kappa shape index (κ3) is 3.86. The van der Waals surface area contributed by atoms with E-state index in [-0.39, 0.29) is 30.3 Å². The van der Waals surface area contributed by atoms with Gasteiger partial charge < -0.3 is 24.8 Å². The molecule has 138 valence electrons. The van der Waals surface area contributed by atoms with E-state index in [0.29, 0.717) is 25.0 Å². The third-order valence-corrected chi connectivity index (χ3v) is 5.15. The van der Waals surface area contributed by atoms with Gasteiger partial charge in [0.15, 0.2) is 11.5 Å². The Morgan fingerprint density at radius 2 is 1.92 bits per heavy atom. The first-order valence-electron chi connectivity index (χ1n) is 8.77. The number of benzene rings is 1. The molecule has 1 amide bonds. The fraction of sp³-hybridized carbons (Fsp3) is 0.611. The smallest absolute Gasteiger partial charge is 0.227 e. The van der Waals surface area contributed by atoms with Crippen LogP contribution >= 0.6 is 12.4 Å². The van der Waals surface area contributed by atoms with Gasteiger partial charge in [-0.15, -0.1) is 12.4 Å². The lowest BCUT2D eigenvalue weighted by Crippen LogP contribution is -2.52. The first kappa shape index (κ1) is 18.3. The van der Waals surface area contributed by atoms with E-state index in [0.717, 1.165) is 49.4 Å². The summed E-state index contributed by atoms with van der Waals surface area (Å²) in [5.41, 5.74) is 1.79. The van der Waals surface area contributed by atoms with Crippen molar-refractivity contribution in [3.63, 3.8) is 0 Å². The normalized spacial score (nSPS) is 27.6. The van der Waals surface area contributed by atoms with Crippen LogP contribution in [0.4, 0.5) is 5.69 Å². The van der Waals surface area contributed by atoms with Gasteiger partial charge in [0.25, 0.3) is 0 Å². The second-order valence-electron chi connectivity index (χ2n) is 6.78. The average molecular weight is 369 g/mol. The van der Waals surface area contributed by atoms with Crippen LogP contribution in [0.25, 0.3) is 0 Å². The lowest BCUT2D eigenvalue weighted by molar-refractivity contribution is -0.123. The zero-order valence-corrected chi connectivity index (χ0v) is 15.2. The van der Waals surface area contributed by atoms with Crippen molar-refractivity contribution in [3.05, 3.63) is 17.7 Å². The highest BCUT2D eigenvalue weighted by Crippen LogP contribution is 2.36. The van der Waals surface area contributed by atoms with Crippen molar-refractivity contribution >= 4 is 24.0 Å². The van der Waals surface area contributed by atoms with Crippen molar-refractivity contribution in [3.8, 4) is 11.5 Å². The molecule has 1 aromatic carbocycles. The molecular weight excluding hydrogens is 344 g/mol. The van der Waals surface area contributed by atoms with Crippen LogP contribution in [0, 0.1) is 12.8 Å². The quantitative estimate of drug-likeness (QED) is 0.838. The van der Waals surface area contributed by atoms with Crippen molar-refractivity contribution in [2.24, 2.45) is 5.92 Å². The molecule has 0 bridgehead atoms. The van der Waals surface area contributed by atoms with Crippen molar-refractivity contribution in [2.75, 3.05) is 31.7 Å². The number of hydrogen-bond acceptors (Lipinski definition) is 5. The van der Waals surface area contributed by atoms with Gasteiger partial charge in [0.1, 0.15) is 13.2 Å². The van der Waals surface area contributed by atoms with E-state index in [1.807, 2.05) is 19.1 Å². The van der Waals surface area contributed by atoms with E-state index >= 15 is 0 Å². The number of anilines is 1. The van der Waals surface area contributed by atoms with Crippen LogP contribution in [0.5, 0.6) is 11.5 Å². The number of aryl methyl sites for hydroxylation is 1. The number of ether oxygens (including phenoxy) is 3. The molecule has 1 saturated carbocycles. The number of morpholine rings is 1. The van der Waals surface area contributed by atoms with Crippen LogP contribution in [-0.2, 0) is 9.53 Å². The summed E-state index contributed by atoms with van der Waals surface area (Å²) in [6.45, 7) is 4.73. The maximum atomic E-state index is 12.7. The zero-order valence-electron chi connectivity index (χ0n) is 14.4. The number of amides is 1. The lowest BCUT2D eigenvalue weighted by Gasteiger charge is -2.39. The summed E-state index contributed by atoms with van der Waals surface area (Å²) in [6.07, 6.45) is 2.91. The number of carbonyl (C=O) groups is 1. The molecule has 0 unspecified atom stereocenters. The van der Waals surface area contributed by atoms with E-state index in [2.05, 4.69) is 10.6 Å². The number of halogens is 1. The Bertz CT molecular complexity index is 640. The van der Waals surface area contributed by atoms with Crippen LogP contribution in [0.3, 0.4) is 0 Å². The third-order valence-electron chi connectivity index (χ3n) is 5.15. The molecule has 3 aliphatic rings. The van der Waals surface area contributed by atoms with Crippen LogP contribution in [-0.4, -0.2) is 44.4 Å². The topological polar surface area (TPSA) is 68.8 Å². The summed E-state index contributed by atoms with van der Waals surface area (Å²) < 4.78 is 17.0. The number of rotatable bonds is 2. The van der Waals surface area contributed by atoms with Crippen molar-refractivity contribution in [1.82, 2.24) is 5.32 Å². The van der Waals surface area contributed by atoms with Gasteiger partial charge in [0, 0.05) is 30.3 Å². The van der Waals surface area contributed by atoms with Gasteiger partial charge in [-0.3, -0.25) is 4.79 Å². The molecule has 6 nitrogen and oxygen atoms in total. The molecular formula is C18H25ClN2O4. The van der Waals surface area contributed by atoms with E-state index in [1.54, 1.807) is 0 Å². The van der Waals surface area contributed by atoms with Crippen LogP contribution in [0.1, 0.15) is 24.8 Å². The highest BCUT2D eigenvalue weighted by atomic mass is 35.5. The number of fused-ring (bicyclic) bond motifs is 2.